The second-order valence-electron chi connectivity index (χ2n) is 10.7. The predicted octanol–water partition coefficient (Wildman–Crippen LogP) is 10.2. The summed E-state index contributed by atoms with van der Waals surface area (Å²) in [4.78, 5) is 0. The van der Waals surface area contributed by atoms with Crippen LogP contribution in [0, 0.1) is 27.7 Å². The van der Waals surface area contributed by atoms with Crippen LogP contribution in [0.5, 0.6) is 34.5 Å². The van der Waals surface area contributed by atoms with Crippen molar-refractivity contribution in [2.45, 2.75) is 27.7 Å². The van der Waals surface area contributed by atoms with Crippen LogP contribution < -0.4 is 27.1 Å². The fourth-order valence-corrected chi connectivity index (χ4v) is 8.18. The van der Waals surface area contributed by atoms with Gasteiger partial charge in [0.2, 0.25) is 0 Å². The number of fused-ring (bicyclic) bond motifs is 6. The van der Waals surface area contributed by atoms with Gasteiger partial charge < -0.3 is 27.1 Å². The van der Waals surface area contributed by atoms with E-state index in [9.17, 15) is 9.13 Å². The Bertz CT molecular complexity index is 1800. The van der Waals surface area contributed by atoms with Crippen LogP contribution in [0.4, 0.5) is 0 Å². The lowest BCUT2D eigenvalue weighted by molar-refractivity contribution is 0.297. The van der Waals surface area contributed by atoms with E-state index in [1.165, 1.54) is 6.07 Å². The van der Waals surface area contributed by atoms with Crippen molar-refractivity contribution in [3.63, 3.8) is 0 Å². The molecule has 0 aliphatic carbocycles. The molecule has 8 nitrogen and oxygen atoms in total. The van der Waals surface area contributed by atoms with Crippen molar-refractivity contribution in [2.75, 3.05) is 0 Å². The highest BCUT2D eigenvalue weighted by molar-refractivity contribution is 7.50. The van der Waals surface area contributed by atoms with Gasteiger partial charge in [-0.1, -0.05) is 78.9 Å². The van der Waals surface area contributed by atoms with E-state index in [-0.39, 0.29) is 11.5 Å². The van der Waals surface area contributed by atoms with Crippen molar-refractivity contribution in [3.05, 3.63) is 119 Å². The zero-order valence-corrected chi connectivity index (χ0v) is 26.2. The molecule has 5 aromatic carbocycles. The highest BCUT2D eigenvalue weighted by Crippen LogP contribution is 2.60. The molecule has 0 spiro atoms. The minimum absolute atomic E-state index is 0.104. The first-order valence-corrected chi connectivity index (χ1v) is 16.9. The van der Waals surface area contributed by atoms with Gasteiger partial charge in [-0.05, 0) is 62.1 Å². The van der Waals surface area contributed by atoms with Gasteiger partial charge in [0.1, 0.15) is 34.5 Å². The summed E-state index contributed by atoms with van der Waals surface area (Å²) in [6, 6.07) is 28.8. The first-order valence-electron chi connectivity index (χ1n) is 14.0. The molecule has 2 heterocycles. The average molecular weight is 627 g/mol. The molecule has 0 bridgehead atoms. The molecule has 10 heteroatoms. The lowest BCUT2D eigenvalue weighted by atomic mass is 9.99. The Morgan fingerprint density at radius 1 is 0.432 bits per heavy atom. The number of hydrogen-bond acceptors (Lipinski definition) is 8. The normalized spacial score (nSPS) is 15.2. The quantitative estimate of drug-likeness (QED) is 0.182. The molecule has 0 amide bonds. The van der Waals surface area contributed by atoms with Gasteiger partial charge >= 0.3 is 15.6 Å². The van der Waals surface area contributed by atoms with Crippen LogP contribution >= 0.6 is 15.6 Å². The van der Waals surface area contributed by atoms with Gasteiger partial charge in [0.05, 0.1) is 0 Å². The summed E-state index contributed by atoms with van der Waals surface area (Å²) in [5, 5.41) is 0. The Labute approximate surface area is 255 Å². The standard InChI is InChI=1S/C34H28O8P2/c1-21-10-5-16-27-28-17-6-11-22(2)32(28)40-43(35,39-31(21)27)37-25-14-9-15-26(20-25)38-44(36)41-33-23(3)12-7-18-29(33)30-19-8-13-24(4)34(30)42-44/h5-20H,1-4H3. The monoisotopic (exact) mass is 626 g/mol. The maximum Gasteiger partial charge on any atom is 0.647 e. The highest BCUT2D eigenvalue weighted by Gasteiger charge is 2.41. The van der Waals surface area contributed by atoms with Gasteiger partial charge in [0.15, 0.2) is 0 Å². The molecular formula is C34H28O8P2. The van der Waals surface area contributed by atoms with Crippen LogP contribution in [0.1, 0.15) is 22.3 Å². The SMILES string of the molecule is Cc1cccc2c1OP(=O)(Oc1cccc(OP3(=O)Oc4c(C)cccc4-c4cccc(C)c4O3)c1)Oc1c(C)cccc1-2. The van der Waals surface area contributed by atoms with Crippen molar-refractivity contribution in [1.82, 2.24) is 0 Å². The maximum absolute atomic E-state index is 14.2. The second-order valence-corrected chi connectivity index (χ2v) is 13.6. The molecule has 0 fully saturated rings. The average Bonchev–Trinajstić information content (AvgIpc) is 3.19. The van der Waals surface area contributed by atoms with Crippen LogP contribution in [-0.4, -0.2) is 0 Å². The Balaban J connectivity index is 1.23. The van der Waals surface area contributed by atoms with E-state index >= 15 is 0 Å². The Kier molecular flexibility index (Phi) is 6.73. The molecule has 2 aliphatic rings. The van der Waals surface area contributed by atoms with Crippen molar-refractivity contribution in [1.29, 1.82) is 0 Å². The highest BCUT2D eigenvalue weighted by atomic mass is 31.2. The fourth-order valence-electron chi connectivity index (χ4n) is 5.35. The molecule has 7 rings (SSSR count). The van der Waals surface area contributed by atoms with Crippen molar-refractivity contribution in [3.8, 4) is 56.8 Å². The van der Waals surface area contributed by atoms with Crippen LogP contribution in [0.2, 0.25) is 0 Å². The summed E-state index contributed by atoms with van der Waals surface area (Å²) in [6.45, 7) is 7.45. The zero-order valence-electron chi connectivity index (χ0n) is 24.4. The number of rotatable bonds is 4. The van der Waals surface area contributed by atoms with E-state index < -0.39 is 15.6 Å². The number of hydrogen-bond donors (Lipinski definition) is 0. The van der Waals surface area contributed by atoms with E-state index in [1.807, 2.05) is 100 Å². The number of para-hydroxylation sites is 4. The Hall–Kier alpha value is -4.64. The van der Waals surface area contributed by atoms with Crippen LogP contribution in [0.15, 0.2) is 97.1 Å². The molecule has 44 heavy (non-hydrogen) atoms. The molecule has 2 aliphatic heterocycles. The molecule has 0 aromatic heterocycles. The van der Waals surface area contributed by atoms with E-state index in [0.29, 0.717) is 23.0 Å². The molecule has 0 unspecified atom stereocenters. The lowest BCUT2D eigenvalue weighted by Crippen LogP contribution is -2.08. The summed E-state index contributed by atoms with van der Waals surface area (Å²) in [6.07, 6.45) is 0. The largest absolute Gasteiger partial charge is 0.647 e. The number of phosphoric acid groups is 2. The van der Waals surface area contributed by atoms with E-state index in [1.54, 1.807) is 18.2 Å². The molecule has 5 aromatic rings. The van der Waals surface area contributed by atoms with E-state index in [4.69, 9.17) is 27.1 Å². The number of benzene rings is 5. The van der Waals surface area contributed by atoms with Gasteiger partial charge in [-0.15, -0.1) is 0 Å². The van der Waals surface area contributed by atoms with E-state index in [0.717, 1.165) is 44.5 Å². The Morgan fingerprint density at radius 2 is 0.705 bits per heavy atom. The number of aryl methyl sites for hydroxylation is 4. The third kappa shape index (κ3) is 5.00. The number of phosphoric ester groups is 2. The summed E-state index contributed by atoms with van der Waals surface area (Å²) >= 11 is 0. The minimum atomic E-state index is -4.27. The zero-order chi connectivity index (χ0) is 30.6. The van der Waals surface area contributed by atoms with Crippen LogP contribution in [-0.2, 0) is 9.13 Å². The van der Waals surface area contributed by atoms with Gasteiger partial charge in [-0.3, -0.25) is 0 Å². The maximum atomic E-state index is 14.2. The molecule has 0 radical (unpaired) electrons. The van der Waals surface area contributed by atoms with Gasteiger partial charge in [-0.2, -0.15) is 9.13 Å². The van der Waals surface area contributed by atoms with Crippen LogP contribution in [0.3, 0.4) is 0 Å². The molecular weight excluding hydrogens is 598 g/mol. The molecule has 0 N–H and O–H groups in total. The summed E-state index contributed by atoms with van der Waals surface area (Å²) in [5.41, 5.74) is 6.06. The lowest BCUT2D eigenvalue weighted by Gasteiger charge is -2.21. The summed E-state index contributed by atoms with van der Waals surface area (Å²) < 4.78 is 64.3. The van der Waals surface area contributed by atoms with Crippen molar-refractivity contribution in [2.24, 2.45) is 0 Å². The third-order valence-electron chi connectivity index (χ3n) is 7.48. The summed E-state index contributed by atoms with van der Waals surface area (Å²) in [7, 11) is -8.54. The van der Waals surface area contributed by atoms with Crippen LogP contribution in [0.25, 0.3) is 22.3 Å². The first-order chi connectivity index (χ1) is 21.1. The molecule has 222 valence electrons. The van der Waals surface area contributed by atoms with Gasteiger partial charge in [0, 0.05) is 28.3 Å². The predicted molar refractivity (Wildman–Crippen MR) is 168 cm³/mol. The summed E-state index contributed by atoms with van der Waals surface area (Å²) in [5.74, 6) is 1.82. The van der Waals surface area contributed by atoms with Crippen molar-refractivity contribution < 1.29 is 36.3 Å². The minimum Gasteiger partial charge on any atom is -0.386 e. The molecule has 0 saturated carbocycles. The van der Waals surface area contributed by atoms with Gasteiger partial charge in [0.25, 0.3) is 0 Å². The van der Waals surface area contributed by atoms with Gasteiger partial charge in [-0.25, -0.2) is 0 Å². The second kappa shape index (κ2) is 10.5. The topological polar surface area (TPSA) is 89.5 Å². The van der Waals surface area contributed by atoms with E-state index in [2.05, 4.69) is 0 Å². The Morgan fingerprint density at radius 3 is 1.00 bits per heavy atom. The molecule has 0 saturated heterocycles. The molecule has 0 atom stereocenters. The first kappa shape index (κ1) is 28.1. The third-order valence-corrected chi connectivity index (χ3v) is 9.97. The fraction of sp³-hybridized carbons (Fsp3) is 0.118. The smallest absolute Gasteiger partial charge is 0.386 e. The van der Waals surface area contributed by atoms with Crippen molar-refractivity contribution >= 4 is 15.6 Å².